The molecule has 0 aromatic heterocycles. The van der Waals surface area contributed by atoms with Crippen molar-refractivity contribution in [3.63, 3.8) is 0 Å². The topological polar surface area (TPSA) is 119 Å². The molecule has 1 atom stereocenters. The number of para-hydroxylation sites is 2. The first-order chi connectivity index (χ1) is 19.8. The molecule has 1 aliphatic rings. The fourth-order valence-electron chi connectivity index (χ4n) is 4.83. The number of aliphatic hydroxyl groups is 1. The van der Waals surface area contributed by atoms with Crippen LogP contribution in [0, 0.1) is 12.3 Å². The number of aliphatic hydroxyl groups excluding tert-OH is 1. The molecule has 0 spiro atoms. The zero-order chi connectivity index (χ0) is 30.6. The standard InChI is InChI=1S/C32H34N4O5S/c1-20-10-5-6-13-23(20)27(37)19-35-25-14-7-8-15-26(25)36(30(40)32(2,3)4)18-24(29(35)39)34-31(41)33-22-12-9-11-21(16-22)17-28(38)42/h5-16,24H,17-19H2,1-4H3,(H,38,42)(H2,33,34,41). The summed E-state index contributed by atoms with van der Waals surface area (Å²) in [5.74, 6) is -1.04. The van der Waals surface area contributed by atoms with E-state index in [1.54, 1.807) is 81.4 Å². The Morgan fingerprint density at radius 3 is 2.31 bits per heavy atom. The summed E-state index contributed by atoms with van der Waals surface area (Å²) < 4.78 is 0. The number of carbonyl (C=O) groups is 4. The number of Topliss-reactive ketones (excluding diaryl/α,β-unsaturated/α-hetero) is 1. The third kappa shape index (κ3) is 7.01. The number of hydrogen-bond donors (Lipinski definition) is 3. The van der Waals surface area contributed by atoms with Crippen LogP contribution in [0.4, 0.5) is 21.9 Å². The quantitative estimate of drug-likeness (QED) is 0.258. The highest BCUT2D eigenvalue weighted by molar-refractivity contribution is 7.80. The maximum absolute atomic E-state index is 14.1. The number of aryl methyl sites for hydroxylation is 1. The van der Waals surface area contributed by atoms with Gasteiger partial charge in [-0.25, -0.2) is 4.79 Å². The van der Waals surface area contributed by atoms with E-state index < -0.39 is 23.4 Å². The molecule has 0 aliphatic carbocycles. The van der Waals surface area contributed by atoms with Crippen LogP contribution in [-0.2, 0) is 16.0 Å². The number of rotatable bonds is 7. The Morgan fingerprint density at radius 2 is 1.64 bits per heavy atom. The number of fused-ring (bicyclic) bond motifs is 1. The molecule has 10 heteroatoms. The number of amides is 4. The second-order valence-corrected chi connectivity index (χ2v) is 11.7. The van der Waals surface area contributed by atoms with E-state index in [2.05, 4.69) is 10.6 Å². The molecule has 1 unspecified atom stereocenters. The first kappa shape index (κ1) is 30.4. The van der Waals surface area contributed by atoms with E-state index in [1.165, 1.54) is 9.80 Å². The molecule has 1 aliphatic heterocycles. The van der Waals surface area contributed by atoms with E-state index in [1.807, 2.05) is 19.1 Å². The molecule has 0 fully saturated rings. The van der Waals surface area contributed by atoms with Crippen LogP contribution in [0.5, 0.6) is 0 Å². The van der Waals surface area contributed by atoms with Gasteiger partial charge in [0.05, 0.1) is 24.5 Å². The highest BCUT2D eigenvalue weighted by atomic mass is 32.1. The molecule has 42 heavy (non-hydrogen) atoms. The average molecular weight is 587 g/mol. The summed E-state index contributed by atoms with van der Waals surface area (Å²) in [6.45, 7) is 6.76. The molecule has 1 heterocycles. The van der Waals surface area contributed by atoms with E-state index in [4.69, 9.17) is 12.2 Å². The van der Waals surface area contributed by atoms with Crippen LogP contribution in [0.1, 0.15) is 42.3 Å². The van der Waals surface area contributed by atoms with Gasteiger partial charge in [-0.2, -0.15) is 0 Å². The lowest BCUT2D eigenvalue weighted by Crippen LogP contribution is -2.55. The summed E-state index contributed by atoms with van der Waals surface area (Å²) in [5, 5.41) is 14.7. The van der Waals surface area contributed by atoms with E-state index in [0.29, 0.717) is 28.2 Å². The zero-order valence-electron chi connectivity index (χ0n) is 24.0. The summed E-state index contributed by atoms with van der Waals surface area (Å²) in [4.78, 5) is 57.2. The van der Waals surface area contributed by atoms with E-state index in [9.17, 15) is 24.3 Å². The number of ketones is 1. The molecule has 0 radical (unpaired) electrons. The van der Waals surface area contributed by atoms with E-state index >= 15 is 0 Å². The maximum atomic E-state index is 14.1. The molecule has 0 saturated heterocycles. The highest BCUT2D eigenvalue weighted by Crippen LogP contribution is 2.35. The molecular formula is C32H34N4O5S. The van der Waals surface area contributed by atoms with Gasteiger partial charge in [0.2, 0.25) is 5.91 Å². The Kier molecular flexibility index (Phi) is 9.06. The Balaban J connectivity index is 1.69. The maximum Gasteiger partial charge on any atom is 0.319 e. The monoisotopic (exact) mass is 586 g/mol. The molecule has 9 nitrogen and oxygen atoms in total. The fraction of sp³-hybridized carbons (Fsp3) is 0.281. The van der Waals surface area contributed by atoms with Gasteiger partial charge in [-0.3, -0.25) is 14.4 Å². The Hall–Kier alpha value is -4.57. The summed E-state index contributed by atoms with van der Waals surface area (Å²) in [6, 6.07) is 19.0. The normalized spacial score (nSPS) is 15.0. The Labute approximate surface area is 250 Å². The third-order valence-corrected chi connectivity index (χ3v) is 7.02. The minimum atomic E-state index is -1.17. The lowest BCUT2D eigenvalue weighted by molar-refractivity contribution is -0.126. The van der Waals surface area contributed by atoms with Gasteiger partial charge in [0.15, 0.2) is 10.8 Å². The van der Waals surface area contributed by atoms with Crippen LogP contribution in [0.15, 0.2) is 72.8 Å². The largest absolute Gasteiger partial charge is 0.502 e. The van der Waals surface area contributed by atoms with Crippen molar-refractivity contribution in [2.24, 2.45) is 5.41 Å². The van der Waals surface area contributed by atoms with Crippen LogP contribution < -0.4 is 20.4 Å². The first-order valence-electron chi connectivity index (χ1n) is 13.5. The van der Waals surface area contributed by atoms with Crippen molar-refractivity contribution in [2.75, 3.05) is 28.2 Å². The third-order valence-electron chi connectivity index (χ3n) is 6.87. The van der Waals surface area contributed by atoms with Gasteiger partial charge < -0.3 is 25.5 Å². The molecule has 0 saturated carbocycles. The van der Waals surface area contributed by atoms with Crippen molar-refractivity contribution in [3.8, 4) is 0 Å². The molecule has 3 aromatic rings. The molecule has 4 amide bonds. The lowest BCUT2D eigenvalue weighted by atomic mass is 9.94. The first-order valence-corrected chi connectivity index (χ1v) is 14.0. The number of nitrogens with zero attached hydrogens (tertiary/aromatic N) is 2. The van der Waals surface area contributed by atoms with Crippen LogP contribution in [0.3, 0.4) is 0 Å². The van der Waals surface area contributed by atoms with Gasteiger partial charge in [-0.1, -0.05) is 69.3 Å². The van der Waals surface area contributed by atoms with Gasteiger partial charge in [0, 0.05) is 23.1 Å². The van der Waals surface area contributed by atoms with E-state index in [0.717, 1.165) is 5.56 Å². The second kappa shape index (κ2) is 12.5. The molecule has 3 N–H and O–H groups in total. The summed E-state index contributed by atoms with van der Waals surface area (Å²) in [5.41, 5.74) is 2.48. The van der Waals surface area contributed by atoms with Gasteiger partial charge in [-0.05, 0) is 54.5 Å². The summed E-state index contributed by atoms with van der Waals surface area (Å²) >= 11 is 4.77. The summed E-state index contributed by atoms with van der Waals surface area (Å²) in [7, 11) is 0. The number of carbonyl (C=O) groups excluding carboxylic acids is 4. The minimum absolute atomic E-state index is 0.132. The van der Waals surface area contributed by atoms with Crippen molar-refractivity contribution < 1.29 is 24.3 Å². The van der Waals surface area contributed by atoms with Crippen molar-refractivity contribution >= 4 is 58.0 Å². The predicted molar refractivity (Wildman–Crippen MR) is 167 cm³/mol. The molecular weight excluding hydrogens is 552 g/mol. The van der Waals surface area contributed by atoms with E-state index in [-0.39, 0.29) is 36.3 Å². The number of thiocarbonyl (C=S) groups is 1. The fourth-order valence-corrected chi connectivity index (χ4v) is 4.99. The predicted octanol–water partition coefficient (Wildman–Crippen LogP) is 5.22. The zero-order valence-corrected chi connectivity index (χ0v) is 24.8. The van der Waals surface area contributed by atoms with Crippen molar-refractivity contribution in [1.82, 2.24) is 5.32 Å². The second-order valence-electron chi connectivity index (χ2n) is 11.2. The van der Waals surface area contributed by atoms with Gasteiger partial charge >= 0.3 is 6.03 Å². The van der Waals surface area contributed by atoms with Crippen LogP contribution in [-0.4, -0.2) is 52.9 Å². The van der Waals surface area contributed by atoms with Crippen molar-refractivity contribution in [1.29, 1.82) is 0 Å². The number of urea groups is 1. The molecule has 218 valence electrons. The Morgan fingerprint density at radius 1 is 0.976 bits per heavy atom. The Bertz CT molecular complexity index is 1550. The average Bonchev–Trinajstić information content (AvgIpc) is 3.03. The number of hydrogen-bond acceptors (Lipinski definition) is 5. The lowest BCUT2D eigenvalue weighted by Gasteiger charge is -2.30. The smallest absolute Gasteiger partial charge is 0.319 e. The molecule has 3 aromatic carbocycles. The van der Waals surface area contributed by atoms with Crippen molar-refractivity contribution in [3.05, 3.63) is 89.5 Å². The SMILES string of the molecule is Cc1ccccc1C(=O)CN1C(=O)C(NC(=O)Nc2cccc(CC(O)=S)c2)CN(C(=O)C(C)(C)C)c2ccccc21. The molecule has 4 rings (SSSR count). The number of benzene rings is 3. The van der Waals surface area contributed by atoms with Gasteiger partial charge in [0.25, 0.3) is 5.91 Å². The van der Waals surface area contributed by atoms with Crippen molar-refractivity contribution in [2.45, 2.75) is 40.2 Å². The number of nitrogens with one attached hydrogen (secondary N) is 2. The molecule has 0 bridgehead atoms. The summed E-state index contributed by atoms with van der Waals surface area (Å²) in [6.07, 6.45) is 0.152. The minimum Gasteiger partial charge on any atom is -0.502 e. The highest BCUT2D eigenvalue weighted by Gasteiger charge is 2.40. The van der Waals surface area contributed by atoms with Gasteiger partial charge in [-0.15, -0.1) is 0 Å². The van der Waals surface area contributed by atoms with Crippen LogP contribution in [0.25, 0.3) is 0 Å². The van der Waals surface area contributed by atoms with Crippen LogP contribution >= 0.6 is 12.2 Å². The van der Waals surface area contributed by atoms with Gasteiger partial charge in [0.1, 0.15) is 6.04 Å². The van der Waals surface area contributed by atoms with Crippen LogP contribution in [0.2, 0.25) is 0 Å². The number of anilines is 3.